The maximum atomic E-state index is 13.3. The van der Waals surface area contributed by atoms with E-state index in [0.29, 0.717) is 29.3 Å². The standard InChI is InChI=1S/C21H21N9O6S3/c1-29-21(25-27-28-29)39-7-10-6-37-18-14(17(33)30(18)15(10)19(34)35)24-16(32)13(26-36-11-4-2-3-5-11)12-8-38-20(23-12)22-9-31/h2,4,8-9,11,14,18H,3,5-7H2,1H3,(H,24,32)(H,34,35)(H,22,23,31)/b26-13-/t11?,14?,18-/m1/s1. The molecule has 0 saturated carbocycles. The number of carboxylic acids is 1. The van der Waals surface area contributed by atoms with Gasteiger partial charge in [-0.15, -0.1) is 28.2 Å². The normalized spacial score (nSPS) is 22.4. The maximum Gasteiger partial charge on any atom is 0.352 e. The van der Waals surface area contributed by atoms with Gasteiger partial charge in [-0.2, -0.15) is 0 Å². The van der Waals surface area contributed by atoms with Crippen LogP contribution in [0, 0.1) is 0 Å². The number of nitrogens with zero attached hydrogens (tertiary/aromatic N) is 7. The van der Waals surface area contributed by atoms with E-state index in [9.17, 15) is 24.3 Å². The number of carbonyl (C=O) groups is 4. The van der Waals surface area contributed by atoms with Crippen molar-refractivity contribution in [1.82, 2.24) is 35.4 Å². The van der Waals surface area contributed by atoms with Gasteiger partial charge in [-0.25, -0.2) is 14.5 Å². The third-order valence-electron chi connectivity index (χ3n) is 5.89. The molecule has 1 aliphatic carbocycles. The number of aryl methyl sites for hydroxylation is 1. The molecule has 3 aliphatic rings. The second kappa shape index (κ2) is 11.5. The number of nitrogens with one attached hydrogen (secondary N) is 2. The molecule has 2 aliphatic heterocycles. The SMILES string of the molecule is Cn1nnnc1SCC1=C(C(=O)O)N2C(=O)C(NC(=O)/C(=N\OC3C=CCC3)c3csc(NC=O)n3)[C@H]2SC1. The Hall–Kier alpha value is -3.77. The number of thiazole rings is 1. The fourth-order valence-corrected chi connectivity index (χ4v) is 7.01. The molecular weight excluding hydrogens is 570 g/mol. The first-order valence-electron chi connectivity index (χ1n) is 11.5. The van der Waals surface area contributed by atoms with Gasteiger partial charge in [-0.05, 0) is 34.9 Å². The van der Waals surface area contributed by atoms with Gasteiger partial charge >= 0.3 is 5.97 Å². The first kappa shape index (κ1) is 26.8. The average Bonchev–Trinajstić information content (AvgIpc) is 3.69. The number of oxime groups is 1. The minimum absolute atomic E-state index is 0.105. The molecule has 39 heavy (non-hydrogen) atoms. The molecule has 0 bridgehead atoms. The second-order valence-electron chi connectivity index (χ2n) is 8.38. The fourth-order valence-electron chi connectivity index (χ4n) is 4.02. The minimum Gasteiger partial charge on any atom is -0.477 e. The summed E-state index contributed by atoms with van der Waals surface area (Å²) in [7, 11) is 1.67. The van der Waals surface area contributed by atoms with Crippen LogP contribution in [0.25, 0.3) is 0 Å². The molecule has 2 aromatic heterocycles. The fraction of sp³-hybridized carbons (Fsp3) is 0.381. The number of thioether (sulfide) groups is 2. The number of rotatable bonds is 11. The summed E-state index contributed by atoms with van der Waals surface area (Å²) in [6, 6.07) is -0.975. The summed E-state index contributed by atoms with van der Waals surface area (Å²) >= 11 is 3.70. The number of allylic oxidation sites excluding steroid dienone is 1. The van der Waals surface area contributed by atoms with Crippen LogP contribution in [-0.4, -0.2) is 94.1 Å². The maximum absolute atomic E-state index is 13.3. The monoisotopic (exact) mass is 591 g/mol. The Bertz CT molecular complexity index is 1400. The first-order chi connectivity index (χ1) is 18.9. The smallest absolute Gasteiger partial charge is 0.352 e. The van der Waals surface area contributed by atoms with Gasteiger partial charge in [0, 0.05) is 23.9 Å². The number of carbonyl (C=O) groups excluding carboxylic acids is 3. The van der Waals surface area contributed by atoms with Gasteiger partial charge in [0.05, 0.1) is 0 Å². The molecule has 0 spiro atoms. The van der Waals surface area contributed by atoms with Crippen molar-refractivity contribution in [1.29, 1.82) is 0 Å². The molecule has 204 valence electrons. The Morgan fingerprint density at radius 2 is 2.26 bits per heavy atom. The zero-order chi connectivity index (χ0) is 27.5. The Morgan fingerprint density at radius 3 is 2.95 bits per heavy atom. The van der Waals surface area contributed by atoms with Gasteiger partial charge in [0.15, 0.2) is 10.8 Å². The number of aromatic nitrogens is 5. The lowest BCUT2D eigenvalue weighted by Gasteiger charge is -2.49. The molecule has 5 rings (SSSR count). The molecule has 2 aromatic rings. The van der Waals surface area contributed by atoms with Gasteiger partial charge in [-0.1, -0.05) is 23.0 Å². The highest BCUT2D eigenvalue weighted by atomic mass is 32.2. The van der Waals surface area contributed by atoms with Crippen LogP contribution >= 0.6 is 34.9 Å². The molecule has 18 heteroatoms. The summed E-state index contributed by atoms with van der Waals surface area (Å²) in [6.45, 7) is 0. The van der Waals surface area contributed by atoms with Crippen LogP contribution in [0.15, 0.2) is 39.1 Å². The molecule has 0 aromatic carbocycles. The molecule has 3 N–H and O–H groups in total. The zero-order valence-electron chi connectivity index (χ0n) is 20.2. The van der Waals surface area contributed by atoms with Crippen molar-refractivity contribution in [2.24, 2.45) is 12.2 Å². The summed E-state index contributed by atoms with van der Waals surface area (Å²) in [5, 5.41) is 31.9. The lowest BCUT2D eigenvalue weighted by atomic mass is 10.0. The van der Waals surface area contributed by atoms with E-state index < -0.39 is 29.2 Å². The molecular formula is C21H21N9O6S3. The van der Waals surface area contributed by atoms with Gasteiger partial charge < -0.3 is 20.6 Å². The van der Waals surface area contributed by atoms with E-state index in [2.05, 4.69) is 36.3 Å². The molecule has 2 unspecified atom stereocenters. The number of carboxylic acid groups (broad SMARTS) is 1. The van der Waals surface area contributed by atoms with E-state index >= 15 is 0 Å². The Morgan fingerprint density at radius 1 is 1.41 bits per heavy atom. The van der Waals surface area contributed by atoms with Crippen LogP contribution in [0.4, 0.5) is 5.13 Å². The Balaban J connectivity index is 1.32. The average molecular weight is 592 g/mol. The van der Waals surface area contributed by atoms with Gasteiger partial charge in [-0.3, -0.25) is 19.3 Å². The number of hydrogen-bond donors (Lipinski definition) is 3. The number of tetrazole rings is 1. The van der Waals surface area contributed by atoms with E-state index in [4.69, 9.17) is 4.84 Å². The van der Waals surface area contributed by atoms with Crippen LogP contribution in [0.2, 0.25) is 0 Å². The van der Waals surface area contributed by atoms with Crippen molar-refractivity contribution in [3.05, 3.63) is 34.5 Å². The molecule has 0 radical (unpaired) electrons. The molecule has 1 fully saturated rings. The van der Waals surface area contributed by atoms with E-state index in [1.807, 2.05) is 12.2 Å². The lowest BCUT2D eigenvalue weighted by molar-refractivity contribution is -0.150. The van der Waals surface area contributed by atoms with Crippen LogP contribution in [0.3, 0.4) is 0 Å². The molecule has 15 nitrogen and oxygen atoms in total. The quantitative estimate of drug-likeness (QED) is 0.0804. The third-order valence-corrected chi connectivity index (χ3v) is 9.10. The van der Waals surface area contributed by atoms with Crippen molar-refractivity contribution in [2.45, 2.75) is 35.5 Å². The Labute approximate surface area is 233 Å². The summed E-state index contributed by atoms with van der Waals surface area (Å²) < 4.78 is 1.47. The molecule has 4 heterocycles. The largest absolute Gasteiger partial charge is 0.477 e. The minimum atomic E-state index is -1.23. The summed E-state index contributed by atoms with van der Waals surface area (Å²) in [5.41, 5.74) is 0.437. The highest BCUT2D eigenvalue weighted by molar-refractivity contribution is 8.01. The van der Waals surface area contributed by atoms with E-state index in [-0.39, 0.29) is 34.1 Å². The predicted molar refractivity (Wildman–Crippen MR) is 141 cm³/mol. The predicted octanol–water partition coefficient (Wildman–Crippen LogP) is 0.205. The number of fused-ring (bicyclic) bond motifs is 1. The highest BCUT2D eigenvalue weighted by Gasteiger charge is 2.54. The molecule has 3 atom stereocenters. The van der Waals surface area contributed by atoms with Gasteiger partial charge in [0.25, 0.3) is 11.8 Å². The van der Waals surface area contributed by atoms with Crippen LogP contribution in [0.5, 0.6) is 0 Å². The molecule has 3 amide bonds. The van der Waals surface area contributed by atoms with Gasteiger partial charge in [0.1, 0.15) is 28.9 Å². The first-order valence-corrected chi connectivity index (χ1v) is 14.4. The van der Waals surface area contributed by atoms with Gasteiger partial charge in [0.2, 0.25) is 11.6 Å². The summed E-state index contributed by atoms with van der Waals surface area (Å²) in [5.74, 6) is -1.88. The lowest BCUT2D eigenvalue weighted by Crippen LogP contribution is -2.71. The highest BCUT2D eigenvalue weighted by Crippen LogP contribution is 2.41. The number of amides is 3. The number of hydrogen-bond acceptors (Lipinski definition) is 13. The topological polar surface area (TPSA) is 194 Å². The van der Waals surface area contributed by atoms with Crippen LogP contribution in [0.1, 0.15) is 18.5 Å². The van der Waals surface area contributed by atoms with Crippen molar-refractivity contribution >= 4 is 69.9 Å². The van der Waals surface area contributed by atoms with Crippen molar-refractivity contribution in [3.8, 4) is 0 Å². The van der Waals surface area contributed by atoms with Crippen LogP contribution < -0.4 is 10.6 Å². The van der Waals surface area contributed by atoms with Crippen molar-refractivity contribution in [2.75, 3.05) is 16.8 Å². The van der Waals surface area contributed by atoms with Crippen molar-refractivity contribution in [3.63, 3.8) is 0 Å². The zero-order valence-corrected chi connectivity index (χ0v) is 22.7. The second-order valence-corrected chi connectivity index (χ2v) is 11.3. The van der Waals surface area contributed by atoms with Crippen LogP contribution in [-0.2, 0) is 31.1 Å². The number of anilines is 1. The van der Waals surface area contributed by atoms with Crippen molar-refractivity contribution < 1.29 is 29.1 Å². The van der Waals surface area contributed by atoms with E-state index in [1.54, 1.807) is 7.05 Å². The summed E-state index contributed by atoms with van der Waals surface area (Å²) in [6.07, 6.45) is 5.48. The number of β-lactam (4-membered cyclic amide) rings is 1. The van der Waals surface area contributed by atoms with E-state index in [1.165, 1.54) is 38.5 Å². The number of aliphatic carboxylic acids is 1. The molecule has 1 saturated heterocycles. The third kappa shape index (κ3) is 5.52. The Kier molecular flexibility index (Phi) is 7.94. The summed E-state index contributed by atoms with van der Waals surface area (Å²) in [4.78, 5) is 60.2. The van der Waals surface area contributed by atoms with E-state index in [0.717, 1.165) is 17.8 Å².